The Morgan fingerprint density at radius 1 is 0.870 bits per heavy atom. The molecule has 0 saturated carbocycles. The van der Waals surface area contributed by atoms with Gasteiger partial charge in [0.05, 0.1) is 6.54 Å². The summed E-state index contributed by atoms with van der Waals surface area (Å²) in [5.74, 6) is -0.449. The molecule has 0 aliphatic carbocycles. The lowest BCUT2D eigenvalue weighted by atomic mass is 10.0. The molecule has 2 aromatic carbocycles. The summed E-state index contributed by atoms with van der Waals surface area (Å²) in [5.41, 5.74) is 5.24. The molecule has 0 bridgehead atoms. The number of benzene rings is 2. The van der Waals surface area contributed by atoms with Crippen molar-refractivity contribution in [2.45, 2.75) is 27.3 Å². The van der Waals surface area contributed by atoms with Crippen molar-refractivity contribution < 1.29 is 9.59 Å². The van der Waals surface area contributed by atoms with Crippen molar-refractivity contribution in [3.8, 4) is 0 Å². The largest absolute Gasteiger partial charge is 0.350 e. The van der Waals surface area contributed by atoms with Gasteiger partial charge >= 0.3 is 0 Å². The zero-order valence-corrected chi connectivity index (χ0v) is 13.8. The van der Waals surface area contributed by atoms with Crippen LogP contribution in [0.3, 0.4) is 0 Å². The monoisotopic (exact) mass is 310 g/mol. The normalized spacial score (nSPS) is 10.2. The SMILES string of the molecule is Cc1cc(C)c(CNC(=O)CNC(=O)c2ccccc2)cc1C. The van der Waals surface area contributed by atoms with Crippen LogP contribution < -0.4 is 10.6 Å². The highest BCUT2D eigenvalue weighted by Gasteiger charge is 2.08. The molecular weight excluding hydrogens is 288 g/mol. The van der Waals surface area contributed by atoms with E-state index in [0.717, 1.165) is 11.1 Å². The lowest BCUT2D eigenvalue weighted by Crippen LogP contribution is -2.36. The highest BCUT2D eigenvalue weighted by molar-refractivity contribution is 5.96. The summed E-state index contributed by atoms with van der Waals surface area (Å²) in [6.07, 6.45) is 0. The molecule has 0 aromatic heterocycles. The zero-order chi connectivity index (χ0) is 16.8. The van der Waals surface area contributed by atoms with Crippen molar-refractivity contribution in [3.05, 3.63) is 70.3 Å². The van der Waals surface area contributed by atoms with Crippen molar-refractivity contribution in [1.29, 1.82) is 0 Å². The third-order valence-corrected chi connectivity index (χ3v) is 3.87. The number of amides is 2. The molecule has 4 heteroatoms. The molecule has 2 amide bonds. The van der Waals surface area contributed by atoms with Crippen LogP contribution in [0.4, 0.5) is 0 Å². The molecule has 0 saturated heterocycles. The van der Waals surface area contributed by atoms with Gasteiger partial charge in [-0.2, -0.15) is 0 Å². The van der Waals surface area contributed by atoms with E-state index >= 15 is 0 Å². The Labute approximate surface area is 136 Å². The molecule has 0 aliphatic rings. The number of hydrogen-bond acceptors (Lipinski definition) is 2. The van der Waals surface area contributed by atoms with Gasteiger partial charge < -0.3 is 10.6 Å². The first-order chi connectivity index (χ1) is 11.0. The highest BCUT2D eigenvalue weighted by Crippen LogP contribution is 2.14. The third-order valence-electron chi connectivity index (χ3n) is 3.87. The van der Waals surface area contributed by atoms with Gasteiger partial charge in [-0.3, -0.25) is 9.59 Å². The second-order valence-electron chi connectivity index (χ2n) is 5.69. The van der Waals surface area contributed by atoms with Gasteiger partial charge in [0.15, 0.2) is 0 Å². The van der Waals surface area contributed by atoms with Gasteiger partial charge in [0.2, 0.25) is 5.91 Å². The van der Waals surface area contributed by atoms with E-state index < -0.39 is 0 Å². The highest BCUT2D eigenvalue weighted by atomic mass is 16.2. The van der Waals surface area contributed by atoms with Crippen molar-refractivity contribution in [2.24, 2.45) is 0 Å². The van der Waals surface area contributed by atoms with Gasteiger partial charge in [-0.15, -0.1) is 0 Å². The van der Waals surface area contributed by atoms with Gasteiger partial charge in [-0.1, -0.05) is 30.3 Å². The number of carbonyl (C=O) groups excluding carboxylic acids is 2. The quantitative estimate of drug-likeness (QED) is 0.892. The van der Waals surface area contributed by atoms with E-state index in [1.54, 1.807) is 24.3 Å². The number of nitrogens with one attached hydrogen (secondary N) is 2. The van der Waals surface area contributed by atoms with Gasteiger partial charge in [0, 0.05) is 12.1 Å². The average Bonchev–Trinajstić information content (AvgIpc) is 2.55. The van der Waals surface area contributed by atoms with E-state index in [0.29, 0.717) is 12.1 Å². The van der Waals surface area contributed by atoms with E-state index in [1.807, 2.05) is 13.0 Å². The maximum atomic E-state index is 11.9. The summed E-state index contributed by atoms with van der Waals surface area (Å²) in [7, 11) is 0. The molecule has 2 aromatic rings. The average molecular weight is 310 g/mol. The van der Waals surface area contributed by atoms with Crippen molar-refractivity contribution >= 4 is 11.8 Å². The molecule has 0 radical (unpaired) electrons. The molecule has 0 unspecified atom stereocenters. The van der Waals surface area contributed by atoms with Crippen LogP contribution in [0.2, 0.25) is 0 Å². The topological polar surface area (TPSA) is 58.2 Å². The first kappa shape index (κ1) is 16.7. The number of hydrogen-bond donors (Lipinski definition) is 2. The molecule has 0 spiro atoms. The van der Waals surface area contributed by atoms with Crippen molar-refractivity contribution in [3.63, 3.8) is 0 Å². The predicted octanol–water partition coefficient (Wildman–Crippen LogP) is 2.66. The Balaban J connectivity index is 1.84. The van der Waals surface area contributed by atoms with Crippen molar-refractivity contribution in [1.82, 2.24) is 10.6 Å². The van der Waals surface area contributed by atoms with Crippen molar-refractivity contribution in [2.75, 3.05) is 6.54 Å². The van der Waals surface area contributed by atoms with Crippen LogP contribution in [0.25, 0.3) is 0 Å². The Kier molecular flexibility index (Phi) is 5.52. The maximum Gasteiger partial charge on any atom is 0.251 e. The van der Waals surface area contributed by atoms with Crippen LogP contribution >= 0.6 is 0 Å². The minimum absolute atomic E-state index is 0.0301. The molecule has 0 heterocycles. The fourth-order valence-corrected chi connectivity index (χ4v) is 2.32. The zero-order valence-electron chi connectivity index (χ0n) is 13.8. The lowest BCUT2D eigenvalue weighted by molar-refractivity contribution is -0.120. The molecule has 4 nitrogen and oxygen atoms in total. The number of carbonyl (C=O) groups is 2. The molecule has 2 rings (SSSR count). The molecule has 2 N–H and O–H groups in total. The van der Waals surface area contributed by atoms with Gasteiger partial charge in [0.25, 0.3) is 5.91 Å². The standard InChI is InChI=1S/C19H22N2O2/c1-13-9-15(3)17(10-14(13)2)11-20-18(22)12-21-19(23)16-7-5-4-6-8-16/h4-10H,11-12H2,1-3H3,(H,20,22)(H,21,23). The summed E-state index contributed by atoms with van der Waals surface area (Å²) >= 11 is 0. The fourth-order valence-electron chi connectivity index (χ4n) is 2.32. The third kappa shape index (κ3) is 4.68. The summed E-state index contributed by atoms with van der Waals surface area (Å²) in [6.45, 7) is 6.60. The second-order valence-corrected chi connectivity index (χ2v) is 5.69. The van der Waals surface area contributed by atoms with Crippen LogP contribution in [-0.4, -0.2) is 18.4 Å². The van der Waals surface area contributed by atoms with E-state index in [-0.39, 0.29) is 18.4 Å². The van der Waals surface area contributed by atoms with Crippen LogP contribution in [0, 0.1) is 20.8 Å². The minimum Gasteiger partial charge on any atom is -0.350 e. The fraction of sp³-hybridized carbons (Fsp3) is 0.263. The molecule has 23 heavy (non-hydrogen) atoms. The Morgan fingerprint density at radius 3 is 2.22 bits per heavy atom. The Morgan fingerprint density at radius 2 is 1.52 bits per heavy atom. The molecule has 120 valence electrons. The first-order valence-corrected chi connectivity index (χ1v) is 7.64. The van der Waals surface area contributed by atoms with E-state index in [4.69, 9.17) is 0 Å². The number of aryl methyl sites for hydroxylation is 3. The van der Waals surface area contributed by atoms with E-state index in [9.17, 15) is 9.59 Å². The summed E-state index contributed by atoms with van der Waals surface area (Å²) < 4.78 is 0. The Hall–Kier alpha value is -2.62. The van der Waals surface area contributed by atoms with Gasteiger partial charge in [0.1, 0.15) is 0 Å². The lowest BCUT2D eigenvalue weighted by Gasteiger charge is -2.11. The molecule has 0 fully saturated rings. The van der Waals surface area contributed by atoms with E-state index in [1.165, 1.54) is 11.1 Å². The van der Waals surface area contributed by atoms with Crippen LogP contribution in [0.1, 0.15) is 32.6 Å². The van der Waals surface area contributed by atoms with Crippen LogP contribution in [0.15, 0.2) is 42.5 Å². The summed E-state index contributed by atoms with van der Waals surface area (Å²) in [5, 5.41) is 5.46. The number of rotatable bonds is 5. The van der Waals surface area contributed by atoms with Crippen LogP contribution in [-0.2, 0) is 11.3 Å². The minimum atomic E-state index is -0.247. The summed E-state index contributed by atoms with van der Waals surface area (Å²) in [6, 6.07) is 13.1. The first-order valence-electron chi connectivity index (χ1n) is 7.64. The summed E-state index contributed by atoms with van der Waals surface area (Å²) in [4.78, 5) is 23.8. The van der Waals surface area contributed by atoms with E-state index in [2.05, 4.69) is 36.6 Å². The molecular formula is C19H22N2O2. The Bertz CT molecular complexity index is 709. The van der Waals surface area contributed by atoms with Gasteiger partial charge in [-0.25, -0.2) is 0 Å². The molecule has 0 atom stereocenters. The predicted molar refractivity (Wildman–Crippen MR) is 91.3 cm³/mol. The van der Waals surface area contributed by atoms with Crippen LogP contribution in [0.5, 0.6) is 0 Å². The molecule has 0 aliphatic heterocycles. The second kappa shape index (κ2) is 7.58. The smallest absolute Gasteiger partial charge is 0.251 e. The maximum absolute atomic E-state index is 11.9. The van der Waals surface area contributed by atoms with Gasteiger partial charge in [-0.05, 0) is 55.2 Å².